The van der Waals surface area contributed by atoms with E-state index in [1.54, 1.807) is 61.3 Å². The number of aromatic nitrogens is 2. The standard InChI is InChI=1S/C19H19N3O4/c1-13-20-18(21-26-13)12-25-17-9-4-3-8-16(17)19(24)22(2)11-14-6-5-7-15(23)10-14/h3-10,23H,11-12H2,1-2H3. The average Bonchev–Trinajstić information content (AvgIpc) is 3.05. The highest BCUT2D eigenvalue weighted by molar-refractivity contribution is 5.96. The van der Waals surface area contributed by atoms with Crippen molar-refractivity contribution in [2.24, 2.45) is 0 Å². The molecule has 3 rings (SSSR count). The molecule has 0 bridgehead atoms. The third kappa shape index (κ3) is 4.18. The minimum absolute atomic E-state index is 0.109. The van der Waals surface area contributed by atoms with Crippen LogP contribution < -0.4 is 4.74 Å². The molecule has 0 radical (unpaired) electrons. The van der Waals surface area contributed by atoms with Gasteiger partial charge in [-0.3, -0.25) is 4.79 Å². The molecule has 7 nitrogen and oxygen atoms in total. The first-order valence-corrected chi connectivity index (χ1v) is 8.07. The molecule has 1 amide bonds. The Morgan fingerprint density at radius 1 is 1.23 bits per heavy atom. The van der Waals surface area contributed by atoms with Crippen molar-refractivity contribution >= 4 is 5.91 Å². The summed E-state index contributed by atoms with van der Waals surface area (Å²) in [6.45, 7) is 2.17. The number of aryl methyl sites for hydroxylation is 1. The van der Waals surface area contributed by atoms with E-state index in [4.69, 9.17) is 9.26 Å². The maximum Gasteiger partial charge on any atom is 0.257 e. The molecule has 0 unspecified atom stereocenters. The van der Waals surface area contributed by atoms with E-state index in [0.717, 1.165) is 5.56 Å². The fraction of sp³-hybridized carbons (Fsp3) is 0.211. The second-order valence-electron chi connectivity index (χ2n) is 5.85. The Bertz CT molecular complexity index is 907. The molecule has 2 aromatic carbocycles. The molecule has 1 N–H and O–H groups in total. The molecular formula is C19H19N3O4. The lowest BCUT2D eigenvalue weighted by molar-refractivity contribution is 0.0780. The molecule has 134 valence electrons. The van der Waals surface area contributed by atoms with Crippen LogP contribution in [0.5, 0.6) is 11.5 Å². The summed E-state index contributed by atoms with van der Waals surface area (Å²) in [5, 5.41) is 13.3. The van der Waals surface area contributed by atoms with Crippen molar-refractivity contribution in [3.63, 3.8) is 0 Å². The number of benzene rings is 2. The Kier molecular flexibility index (Phi) is 5.17. The molecule has 1 aromatic heterocycles. The van der Waals surface area contributed by atoms with Crippen LogP contribution in [0.2, 0.25) is 0 Å². The van der Waals surface area contributed by atoms with Crippen molar-refractivity contribution in [1.82, 2.24) is 15.0 Å². The van der Waals surface area contributed by atoms with Crippen LogP contribution in [-0.2, 0) is 13.2 Å². The summed E-state index contributed by atoms with van der Waals surface area (Å²) in [7, 11) is 1.70. The zero-order valence-corrected chi connectivity index (χ0v) is 14.5. The van der Waals surface area contributed by atoms with Gasteiger partial charge >= 0.3 is 0 Å². The number of hydrogen-bond acceptors (Lipinski definition) is 6. The molecule has 0 fully saturated rings. The number of carbonyl (C=O) groups is 1. The minimum Gasteiger partial charge on any atom is -0.508 e. The zero-order valence-electron chi connectivity index (χ0n) is 14.5. The van der Waals surface area contributed by atoms with Crippen LogP contribution in [0.15, 0.2) is 53.1 Å². The maximum absolute atomic E-state index is 12.8. The lowest BCUT2D eigenvalue weighted by atomic mass is 10.1. The van der Waals surface area contributed by atoms with Crippen LogP contribution in [0.1, 0.15) is 27.6 Å². The van der Waals surface area contributed by atoms with Crippen LogP contribution in [0.4, 0.5) is 0 Å². The third-order valence-corrected chi connectivity index (χ3v) is 3.72. The Hall–Kier alpha value is -3.35. The van der Waals surface area contributed by atoms with E-state index in [1.165, 1.54) is 0 Å². The van der Waals surface area contributed by atoms with Gasteiger partial charge in [-0.25, -0.2) is 0 Å². The van der Waals surface area contributed by atoms with Gasteiger partial charge < -0.3 is 19.3 Å². The molecule has 0 aliphatic carbocycles. The zero-order chi connectivity index (χ0) is 18.5. The van der Waals surface area contributed by atoms with E-state index in [9.17, 15) is 9.90 Å². The maximum atomic E-state index is 12.8. The Labute approximate surface area is 150 Å². The van der Waals surface area contributed by atoms with Gasteiger partial charge in [0.05, 0.1) is 5.56 Å². The molecule has 1 heterocycles. The highest BCUT2D eigenvalue weighted by atomic mass is 16.5. The summed E-state index contributed by atoms with van der Waals surface area (Å²) in [6.07, 6.45) is 0. The number of nitrogens with zero attached hydrogens (tertiary/aromatic N) is 3. The molecule has 0 atom stereocenters. The van der Waals surface area contributed by atoms with Crippen LogP contribution >= 0.6 is 0 Å². The van der Waals surface area contributed by atoms with Gasteiger partial charge in [-0.2, -0.15) is 4.98 Å². The first kappa shape index (κ1) is 17.5. The van der Waals surface area contributed by atoms with Crippen LogP contribution in [-0.4, -0.2) is 33.1 Å². The van der Waals surface area contributed by atoms with Crippen molar-refractivity contribution in [3.8, 4) is 11.5 Å². The fourth-order valence-corrected chi connectivity index (χ4v) is 2.52. The monoisotopic (exact) mass is 353 g/mol. The number of aromatic hydroxyl groups is 1. The summed E-state index contributed by atoms with van der Waals surface area (Å²) in [4.78, 5) is 18.4. The molecule has 0 saturated heterocycles. The van der Waals surface area contributed by atoms with Gasteiger partial charge in [0.1, 0.15) is 11.5 Å². The summed E-state index contributed by atoms with van der Waals surface area (Å²) in [5.41, 5.74) is 1.27. The van der Waals surface area contributed by atoms with Crippen molar-refractivity contribution < 1.29 is 19.2 Å². The predicted molar refractivity (Wildman–Crippen MR) is 93.7 cm³/mol. The number of para-hydroxylation sites is 1. The summed E-state index contributed by atoms with van der Waals surface area (Å²) >= 11 is 0. The van der Waals surface area contributed by atoms with Crippen molar-refractivity contribution in [2.75, 3.05) is 7.05 Å². The number of phenols is 1. The van der Waals surface area contributed by atoms with E-state index < -0.39 is 0 Å². The van der Waals surface area contributed by atoms with Crippen LogP contribution in [0.3, 0.4) is 0 Å². The highest BCUT2D eigenvalue weighted by Crippen LogP contribution is 2.22. The second-order valence-corrected chi connectivity index (χ2v) is 5.85. The first-order valence-electron chi connectivity index (χ1n) is 8.07. The number of phenolic OH excluding ortho intramolecular Hbond substituents is 1. The number of rotatable bonds is 6. The van der Waals surface area contributed by atoms with Gasteiger partial charge in [0.2, 0.25) is 11.7 Å². The average molecular weight is 353 g/mol. The van der Waals surface area contributed by atoms with Gasteiger partial charge in [0.15, 0.2) is 6.61 Å². The third-order valence-electron chi connectivity index (χ3n) is 3.72. The minimum atomic E-state index is -0.187. The summed E-state index contributed by atoms with van der Waals surface area (Å²) in [5.74, 6) is 1.30. The quantitative estimate of drug-likeness (QED) is 0.733. The second kappa shape index (κ2) is 7.69. The number of ether oxygens (including phenoxy) is 1. The van der Waals surface area contributed by atoms with Crippen molar-refractivity contribution in [1.29, 1.82) is 0 Å². The highest BCUT2D eigenvalue weighted by Gasteiger charge is 2.17. The molecular weight excluding hydrogens is 334 g/mol. The van der Waals surface area contributed by atoms with Gasteiger partial charge in [-0.15, -0.1) is 0 Å². The van der Waals surface area contributed by atoms with Crippen LogP contribution in [0.25, 0.3) is 0 Å². The predicted octanol–water partition coefficient (Wildman–Crippen LogP) is 2.93. The molecule has 3 aromatic rings. The Balaban J connectivity index is 1.72. The smallest absolute Gasteiger partial charge is 0.257 e. The van der Waals surface area contributed by atoms with E-state index in [2.05, 4.69) is 10.1 Å². The van der Waals surface area contributed by atoms with Gasteiger partial charge in [0.25, 0.3) is 5.91 Å². The Morgan fingerprint density at radius 2 is 2.04 bits per heavy atom. The number of amides is 1. The van der Waals surface area contributed by atoms with Crippen molar-refractivity contribution in [2.45, 2.75) is 20.1 Å². The number of carbonyl (C=O) groups excluding carboxylic acids is 1. The largest absolute Gasteiger partial charge is 0.508 e. The van der Waals surface area contributed by atoms with Gasteiger partial charge in [-0.05, 0) is 29.8 Å². The SMILES string of the molecule is Cc1nc(COc2ccccc2C(=O)N(C)Cc2cccc(O)c2)no1. The molecule has 0 spiro atoms. The van der Waals surface area contributed by atoms with E-state index in [-0.39, 0.29) is 18.3 Å². The first-order chi connectivity index (χ1) is 12.5. The topological polar surface area (TPSA) is 88.7 Å². The molecule has 0 saturated carbocycles. The number of hydrogen-bond donors (Lipinski definition) is 1. The lowest BCUT2D eigenvalue weighted by Gasteiger charge is -2.19. The molecule has 7 heteroatoms. The fourth-order valence-electron chi connectivity index (χ4n) is 2.52. The summed E-state index contributed by atoms with van der Waals surface area (Å²) in [6, 6.07) is 13.8. The molecule has 0 aliphatic rings. The van der Waals surface area contributed by atoms with Gasteiger partial charge in [0, 0.05) is 20.5 Å². The normalized spacial score (nSPS) is 10.5. The van der Waals surface area contributed by atoms with E-state index in [1.807, 2.05) is 6.07 Å². The molecule has 26 heavy (non-hydrogen) atoms. The van der Waals surface area contributed by atoms with Crippen LogP contribution in [0, 0.1) is 6.92 Å². The van der Waals surface area contributed by atoms with E-state index >= 15 is 0 Å². The van der Waals surface area contributed by atoms with Gasteiger partial charge in [-0.1, -0.05) is 29.4 Å². The van der Waals surface area contributed by atoms with Crippen molar-refractivity contribution in [3.05, 3.63) is 71.4 Å². The molecule has 0 aliphatic heterocycles. The Morgan fingerprint density at radius 3 is 2.77 bits per heavy atom. The lowest BCUT2D eigenvalue weighted by Crippen LogP contribution is -2.26. The van der Waals surface area contributed by atoms with E-state index in [0.29, 0.717) is 29.6 Å². The summed E-state index contributed by atoms with van der Waals surface area (Å²) < 4.78 is 10.6.